The van der Waals surface area contributed by atoms with Gasteiger partial charge >= 0.3 is 5.97 Å². The van der Waals surface area contributed by atoms with Crippen LogP contribution in [0.25, 0.3) is 6.08 Å². The van der Waals surface area contributed by atoms with Crippen LogP contribution in [-0.4, -0.2) is 24.2 Å². The number of carbonyl (C=O) groups is 1. The molecule has 0 aliphatic rings. The fraction of sp³-hybridized carbons (Fsp3) is 0.471. The molecule has 116 valence electrons. The Bertz CT molecular complexity index is 500. The summed E-state index contributed by atoms with van der Waals surface area (Å²) in [5.41, 5.74) is 1.87. The van der Waals surface area contributed by atoms with Crippen LogP contribution in [0.2, 0.25) is 5.02 Å². The first-order chi connectivity index (χ1) is 9.79. The van der Waals surface area contributed by atoms with E-state index in [0.717, 1.165) is 30.4 Å². The van der Waals surface area contributed by atoms with Crippen LogP contribution in [0.1, 0.15) is 33.3 Å². The number of aliphatic carboxylic acids is 1. The van der Waals surface area contributed by atoms with Crippen molar-refractivity contribution in [3.8, 4) is 0 Å². The van der Waals surface area contributed by atoms with Gasteiger partial charge in [0.2, 0.25) is 0 Å². The first kappa shape index (κ1) is 17.6. The fourth-order valence-electron chi connectivity index (χ4n) is 2.26. The van der Waals surface area contributed by atoms with E-state index in [2.05, 4.69) is 32.6 Å². The Kier molecular flexibility index (Phi) is 6.76. The van der Waals surface area contributed by atoms with Crippen LogP contribution in [0, 0.1) is 11.8 Å². The van der Waals surface area contributed by atoms with E-state index < -0.39 is 5.97 Å². The highest BCUT2D eigenvalue weighted by molar-refractivity contribution is 6.30. The predicted octanol–water partition coefficient (Wildman–Crippen LogP) is 4.56. The Morgan fingerprint density at radius 3 is 2.29 bits per heavy atom. The summed E-state index contributed by atoms with van der Waals surface area (Å²) < 4.78 is 0. The molecule has 1 aromatic rings. The van der Waals surface area contributed by atoms with Crippen LogP contribution < -0.4 is 4.90 Å². The molecule has 0 atom stereocenters. The molecule has 21 heavy (non-hydrogen) atoms. The third kappa shape index (κ3) is 6.21. The van der Waals surface area contributed by atoms with Gasteiger partial charge in [-0.05, 0) is 41.7 Å². The quantitative estimate of drug-likeness (QED) is 0.751. The molecule has 0 unspecified atom stereocenters. The van der Waals surface area contributed by atoms with Gasteiger partial charge in [0.1, 0.15) is 0 Å². The van der Waals surface area contributed by atoms with Crippen LogP contribution in [0.5, 0.6) is 0 Å². The zero-order chi connectivity index (χ0) is 16.0. The van der Waals surface area contributed by atoms with E-state index in [1.807, 2.05) is 18.2 Å². The monoisotopic (exact) mass is 309 g/mol. The topological polar surface area (TPSA) is 40.5 Å². The maximum atomic E-state index is 10.8. The molecule has 1 rings (SSSR count). The number of rotatable bonds is 7. The molecule has 1 aromatic carbocycles. The molecule has 0 radical (unpaired) electrons. The average molecular weight is 310 g/mol. The van der Waals surface area contributed by atoms with Gasteiger partial charge in [0.25, 0.3) is 0 Å². The van der Waals surface area contributed by atoms with Gasteiger partial charge in [0.15, 0.2) is 0 Å². The first-order valence-corrected chi connectivity index (χ1v) is 7.63. The zero-order valence-electron chi connectivity index (χ0n) is 13.1. The molecule has 0 fully saturated rings. The van der Waals surface area contributed by atoms with Gasteiger partial charge in [-0.25, -0.2) is 4.79 Å². The van der Waals surface area contributed by atoms with E-state index in [4.69, 9.17) is 16.7 Å². The van der Waals surface area contributed by atoms with E-state index in [1.165, 1.54) is 0 Å². The minimum atomic E-state index is -0.958. The summed E-state index contributed by atoms with van der Waals surface area (Å²) in [6, 6.07) is 5.63. The molecule has 0 heterocycles. The fourth-order valence-corrected chi connectivity index (χ4v) is 2.44. The molecule has 0 saturated heterocycles. The smallest absolute Gasteiger partial charge is 0.328 e. The predicted molar refractivity (Wildman–Crippen MR) is 90.0 cm³/mol. The van der Waals surface area contributed by atoms with Crippen LogP contribution in [0.15, 0.2) is 24.3 Å². The third-order valence-corrected chi connectivity index (χ3v) is 3.14. The number of benzene rings is 1. The molecule has 0 saturated carbocycles. The van der Waals surface area contributed by atoms with Crippen LogP contribution in [0.4, 0.5) is 5.69 Å². The molecular weight excluding hydrogens is 286 g/mol. The summed E-state index contributed by atoms with van der Waals surface area (Å²) in [5, 5.41) is 9.44. The van der Waals surface area contributed by atoms with Crippen molar-refractivity contribution in [2.75, 3.05) is 18.0 Å². The summed E-state index contributed by atoms with van der Waals surface area (Å²) in [7, 11) is 0. The number of hydrogen-bond donors (Lipinski definition) is 1. The molecule has 3 nitrogen and oxygen atoms in total. The Morgan fingerprint density at radius 1 is 1.24 bits per heavy atom. The van der Waals surface area contributed by atoms with E-state index in [-0.39, 0.29) is 0 Å². The van der Waals surface area contributed by atoms with Crippen molar-refractivity contribution in [1.29, 1.82) is 0 Å². The second-order valence-electron chi connectivity index (χ2n) is 6.07. The number of carboxylic acids is 1. The molecule has 0 amide bonds. The zero-order valence-corrected chi connectivity index (χ0v) is 13.9. The van der Waals surface area contributed by atoms with Crippen LogP contribution in [-0.2, 0) is 4.79 Å². The van der Waals surface area contributed by atoms with Crippen molar-refractivity contribution in [2.45, 2.75) is 27.7 Å². The number of halogens is 1. The number of hydrogen-bond acceptors (Lipinski definition) is 2. The lowest BCUT2D eigenvalue weighted by molar-refractivity contribution is -0.131. The molecule has 0 spiro atoms. The van der Waals surface area contributed by atoms with Crippen molar-refractivity contribution >= 4 is 29.3 Å². The van der Waals surface area contributed by atoms with E-state index in [9.17, 15) is 4.79 Å². The van der Waals surface area contributed by atoms with Crippen molar-refractivity contribution in [3.63, 3.8) is 0 Å². The Balaban J connectivity index is 3.19. The van der Waals surface area contributed by atoms with Gasteiger partial charge in [0.05, 0.1) is 0 Å². The standard InChI is InChI=1S/C17H24ClNO2/c1-12(2)10-19(11-13(3)4)16-7-6-15(18)9-14(16)5-8-17(20)21/h5-9,12-13H,10-11H2,1-4H3,(H,20,21)/b8-5+. The summed E-state index contributed by atoms with van der Waals surface area (Å²) in [4.78, 5) is 13.1. The number of anilines is 1. The maximum Gasteiger partial charge on any atom is 0.328 e. The molecule has 1 N–H and O–H groups in total. The van der Waals surface area contributed by atoms with Gasteiger partial charge in [0, 0.05) is 29.9 Å². The SMILES string of the molecule is CC(C)CN(CC(C)C)c1ccc(Cl)cc1/C=C/C(=O)O. The second kappa shape index (κ2) is 8.08. The van der Waals surface area contributed by atoms with Crippen LogP contribution in [0.3, 0.4) is 0 Å². The third-order valence-electron chi connectivity index (χ3n) is 2.91. The molecular formula is C17H24ClNO2. The Morgan fingerprint density at radius 2 is 1.81 bits per heavy atom. The number of carboxylic acid groups (broad SMARTS) is 1. The van der Waals surface area contributed by atoms with Gasteiger partial charge < -0.3 is 10.0 Å². The first-order valence-electron chi connectivity index (χ1n) is 7.25. The Labute approximate surface area is 132 Å². The lowest BCUT2D eigenvalue weighted by Crippen LogP contribution is -2.31. The van der Waals surface area contributed by atoms with Gasteiger partial charge in [-0.2, -0.15) is 0 Å². The Hall–Kier alpha value is -1.48. The highest BCUT2D eigenvalue weighted by atomic mass is 35.5. The van der Waals surface area contributed by atoms with E-state index in [1.54, 1.807) is 6.08 Å². The highest BCUT2D eigenvalue weighted by Crippen LogP contribution is 2.27. The highest BCUT2D eigenvalue weighted by Gasteiger charge is 2.13. The molecule has 4 heteroatoms. The normalized spacial score (nSPS) is 11.6. The number of nitrogens with zero attached hydrogens (tertiary/aromatic N) is 1. The summed E-state index contributed by atoms with van der Waals surface area (Å²) in [5.74, 6) is 0.0895. The lowest BCUT2D eigenvalue weighted by atomic mass is 10.1. The average Bonchev–Trinajstić information content (AvgIpc) is 2.34. The summed E-state index contributed by atoms with van der Waals surface area (Å²) in [6.45, 7) is 10.6. The van der Waals surface area contributed by atoms with Crippen LogP contribution >= 0.6 is 11.6 Å². The largest absolute Gasteiger partial charge is 0.478 e. The summed E-state index contributed by atoms with van der Waals surface area (Å²) >= 11 is 6.05. The van der Waals surface area contributed by atoms with E-state index >= 15 is 0 Å². The van der Waals surface area contributed by atoms with Crippen molar-refractivity contribution < 1.29 is 9.90 Å². The molecule has 0 aliphatic heterocycles. The molecule has 0 aliphatic carbocycles. The molecule has 0 aromatic heterocycles. The molecule has 0 bridgehead atoms. The van der Waals surface area contributed by atoms with E-state index in [0.29, 0.717) is 16.9 Å². The van der Waals surface area contributed by atoms with Gasteiger partial charge in [-0.1, -0.05) is 39.3 Å². The minimum Gasteiger partial charge on any atom is -0.478 e. The second-order valence-corrected chi connectivity index (χ2v) is 6.50. The summed E-state index contributed by atoms with van der Waals surface area (Å²) in [6.07, 6.45) is 2.76. The van der Waals surface area contributed by atoms with Crippen molar-refractivity contribution in [1.82, 2.24) is 0 Å². The van der Waals surface area contributed by atoms with Gasteiger partial charge in [-0.15, -0.1) is 0 Å². The van der Waals surface area contributed by atoms with Crippen molar-refractivity contribution in [3.05, 3.63) is 34.9 Å². The lowest BCUT2D eigenvalue weighted by Gasteiger charge is -2.30. The maximum absolute atomic E-state index is 10.8. The van der Waals surface area contributed by atoms with Gasteiger partial charge in [-0.3, -0.25) is 0 Å². The minimum absolute atomic E-state index is 0.524. The van der Waals surface area contributed by atoms with Crippen molar-refractivity contribution in [2.24, 2.45) is 11.8 Å².